The van der Waals surface area contributed by atoms with Crippen LogP contribution in [-0.2, 0) is 6.18 Å². The molecule has 0 bridgehead atoms. The van der Waals surface area contributed by atoms with E-state index >= 15 is 0 Å². The fourth-order valence-electron chi connectivity index (χ4n) is 2.80. The summed E-state index contributed by atoms with van der Waals surface area (Å²) in [5, 5.41) is 3.21. The second kappa shape index (κ2) is 9.67. The van der Waals surface area contributed by atoms with Crippen LogP contribution in [-0.4, -0.2) is 31.1 Å². The molecule has 1 heterocycles. The molecule has 2 rings (SSSR count). The van der Waals surface area contributed by atoms with E-state index in [0.717, 1.165) is 45.1 Å². The van der Waals surface area contributed by atoms with Gasteiger partial charge in [-0.05, 0) is 30.2 Å². The number of hydrogen-bond donors (Lipinski definition) is 1. The van der Waals surface area contributed by atoms with Crippen molar-refractivity contribution in [1.82, 2.24) is 10.2 Å². The van der Waals surface area contributed by atoms with E-state index in [1.807, 2.05) is 6.92 Å². The minimum Gasteiger partial charge on any atom is -0.314 e. The highest BCUT2D eigenvalue weighted by molar-refractivity contribution is 5.85. The van der Waals surface area contributed by atoms with E-state index in [1.54, 1.807) is 0 Å². The standard InChI is InChI=1S/C15H20F4N2.2ClH/c1-2-3-14(21-6-4-20-5-7-21)11-8-12(15(17,18)19)10-13(16)9-11;;/h8-10,14,20H,2-7H2,1H3;2*1H/t14-;;/m0../s1. The summed E-state index contributed by atoms with van der Waals surface area (Å²) in [6.45, 7) is 5.13. The van der Waals surface area contributed by atoms with Gasteiger partial charge in [-0.25, -0.2) is 4.39 Å². The fourth-order valence-corrected chi connectivity index (χ4v) is 2.80. The first kappa shape index (κ1) is 22.4. The third kappa shape index (κ3) is 6.10. The Kier molecular flexibility index (Phi) is 9.43. The van der Waals surface area contributed by atoms with E-state index in [1.165, 1.54) is 6.07 Å². The number of halogens is 6. The van der Waals surface area contributed by atoms with Crippen molar-refractivity contribution < 1.29 is 17.6 Å². The molecule has 1 N–H and O–H groups in total. The van der Waals surface area contributed by atoms with Crippen molar-refractivity contribution in [3.8, 4) is 0 Å². The summed E-state index contributed by atoms with van der Waals surface area (Å²) < 4.78 is 52.1. The van der Waals surface area contributed by atoms with Crippen LogP contribution >= 0.6 is 24.8 Å². The van der Waals surface area contributed by atoms with Crippen LogP contribution in [0, 0.1) is 5.82 Å². The molecule has 0 saturated carbocycles. The molecule has 1 fully saturated rings. The number of benzene rings is 1. The van der Waals surface area contributed by atoms with Crippen molar-refractivity contribution in [1.29, 1.82) is 0 Å². The zero-order valence-corrected chi connectivity index (χ0v) is 14.5. The molecule has 1 aliphatic heterocycles. The van der Waals surface area contributed by atoms with E-state index < -0.39 is 17.6 Å². The monoisotopic (exact) mass is 376 g/mol. The Bertz CT molecular complexity index is 477. The molecular weight excluding hydrogens is 355 g/mol. The lowest BCUT2D eigenvalue weighted by atomic mass is 9.97. The zero-order chi connectivity index (χ0) is 15.5. The SMILES string of the molecule is CCC[C@@H](c1cc(F)cc(C(F)(F)F)c1)N1CCNCC1.Cl.Cl. The molecule has 0 radical (unpaired) electrons. The van der Waals surface area contributed by atoms with Gasteiger partial charge in [0, 0.05) is 32.2 Å². The maximum atomic E-state index is 13.6. The summed E-state index contributed by atoms with van der Waals surface area (Å²) in [6, 6.07) is 2.72. The Morgan fingerprint density at radius 3 is 2.26 bits per heavy atom. The highest BCUT2D eigenvalue weighted by atomic mass is 35.5. The van der Waals surface area contributed by atoms with Gasteiger partial charge in [-0.2, -0.15) is 13.2 Å². The van der Waals surface area contributed by atoms with Gasteiger partial charge in [-0.3, -0.25) is 4.90 Å². The van der Waals surface area contributed by atoms with E-state index in [4.69, 9.17) is 0 Å². The summed E-state index contributed by atoms with van der Waals surface area (Å²) in [6.07, 6.45) is -2.95. The molecule has 134 valence electrons. The summed E-state index contributed by atoms with van der Waals surface area (Å²) in [7, 11) is 0. The van der Waals surface area contributed by atoms with Gasteiger partial charge in [-0.1, -0.05) is 13.3 Å². The lowest BCUT2D eigenvalue weighted by Crippen LogP contribution is -2.45. The molecule has 2 nitrogen and oxygen atoms in total. The topological polar surface area (TPSA) is 15.3 Å². The molecule has 8 heteroatoms. The van der Waals surface area contributed by atoms with Crippen LogP contribution in [0.25, 0.3) is 0 Å². The number of rotatable bonds is 4. The van der Waals surface area contributed by atoms with Crippen LogP contribution < -0.4 is 5.32 Å². The van der Waals surface area contributed by atoms with Crippen LogP contribution in [0.15, 0.2) is 18.2 Å². The third-order valence-electron chi connectivity index (χ3n) is 3.79. The molecule has 0 spiro atoms. The molecule has 0 unspecified atom stereocenters. The highest BCUT2D eigenvalue weighted by Crippen LogP contribution is 2.34. The second-order valence-electron chi connectivity index (χ2n) is 5.36. The summed E-state index contributed by atoms with van der Waals surface area (Å²) >= 11 is 0. The molecule has 0 amide bonds. The molecular formula is C15H22Cl2F4N2. The Hall–Kier alpha value is -0.560. The zero-order valence-electron chi connectivity index (χ0n) is 12.8. The van der Waals surface area contributed by atoms with Crippen LogP contribution in [0.3, 0.4) is 0 Å². The van der Waals surface area contributed by atoms with Crippen LogP contribution in [0.4, 0.5) is 17.6 Å². The number of hydrogen-bond acceptors (Lipinski definition) is 2. The van der Waals surface area contributed by atoms with Crippen LogP contribution in [0.2, 0.25) is 0 Å². The van der Waals surface area contributed by atoms with Gasteiger partial charge in [0.15, 0.2) is 0 Å². The molecule has 0 aliphatic carbocycles. The van der Waals surface area contributed by atoms with Gasteiger partial charge in [-0.15, -0.1) is 24.8 Å². The lowest BCUT2D eigenvalue weighted by Gasteiger charge is -2.35. The largest absolute Gasteiger partial charge is 0.416 e. The van der Waals surface area contributed by atoms with Gasteiger partial charge in [0.2, 0.25) is 0 Å². The van der Waals surface area contributed by atoms with E-state index in [9.17, 15) is 17.6 Å². The minimum atomic E-state index is -4.52. The van der Waals surface area contributed by atoms with Gasteiger partial charge in [0.25, 0.3) is 0 Å². The predicted octanol–water partition coefficient (Wildman–Crippen LogP) is 4.43. The third-order valence-corrected chi connectivity index (χ3v) is 3.79. The van der Waals surface area contributed by atoms with Crippen molar-refractivity contribution in [3.05, 3.63) is 35.1 Å². The molecule has 0 aromatic heterocycles. The van der Waals surface area contributed by atoms with Crippen molar-refractivity contribution in [2.24, 2.45) is 0 Å². The first-order valence-electron chi connectivity index (χ1n) is 7.24. The number of piperazine rings is 1. The average molecular weight is 377 g/mol. The van der Waals surface area contributed by atoms with Crippen molar-refractivity contribution in [2.45, 2.75) is 32.0 Å². The Labute approximate surface area is 146 Å². The fraction of sp³-hybridized carbons (Fsp3) is 0.600. The van der Waals surface area contributed by atoms with Gasteiger partial charge in [0.05, 0.1) is 5.56 Å². The highest BCUT2D eigenvalue weighted by Gasteiger charge is 2.32. The maximum Gasteiger partial charge on any atom is 0.416 e. The summed E-state index contributed by atoms with van der Waals surface area (Å²) in [5.74, 6) is -0.823. The van der Waals surface area contributed by atoms with Crippen molar-refractivity contribution >= 4 is 24.8 Å². The number of nitrogens with one attached hydrogen (secondary N) is 1. The van der Waals surface area contributed by atoms with Gasteiger partial charge >= 0.3 is 6.18 Å². The van der Waals surface area contributed by atoms with E-state index in [-0.39, 0.29) is 30.9 Å². The minimum absolute atomic E-state index is 0. The molecule has 1 aliphatic rings. The maximum absolute atomic E-state index is 13.6. The number of nitrogens with zero attached hydrogens (tertiary/aromatic N) is 1. The first-order chi connectivity index (χ1) is 9.91. The molecule has 1 atom stereocenters. The molecule has 1 saturated heterocycles. The van der Waals surface area contributed by atoms with Crippen LogP contribution in [0.1, 0.15) is 36.9 Å². The van der Waals surface area contributed by atoms with E-state index in [0.29, 0.717) is 11.6 Å². The first-order valence-corrected chi connectivity index (χ1v) is 7.24. The lowest BCUT2D eigenvalue weighted by molar-refractivity contribution is -0.137. The van der Waals surface area contributed by atoms with Crippen molar-refractivity contribution in [2.75, 3.05) is 26.2 Å². The Morgan fingerprint density at radius 1 is 1.13 bits per heavy atom. The molecule has 1 aromatic carbocycles. The second-order valence-corrected chi connectivity index (χ2v) is 5.36. The average Bonchev–Trinajstić information content (AvgIpc) is 2.44. The van der Waals surface area contributed by atoms with Crippen LogP contribution in [0.5, 0.6) is 0 Å². The normalized spacial score (nSPS) is 17.1. The predicted molar refractivity (Wildman–Crippen MR) is 88.0 cm³/mol. The Morgan fingerprint density at radius 2 is 1.74 bits per heavy atom. The summed E-state index contributed by atoms with van der Waals surface area (Å²) in [5.41, 5.74) is -0.486. The van der Waals surface area contributed by atoms with Gasteiger partial charge in [0.1, 0.15) is 5.82 Å². The quantitative estimate of drug-likeness (QED) is 0.781. The Balaban J connectivity index is 0.00000242. The number of alkyl halides is 3. The van der Waals surface area contributed by atoms with Gasteiger partial charge < -0.3 is 5.32 Å². The molecule has 23 heavy (non-hydrogen) atoms. The smallest absolute Gasteiger partial charge is 0.314 e. The summed E-state index contributed by atoms with van der Waals surface area (Å²) in [4.78, 5) is 2.13. The van der Waals surface area contributed by atoms with Crippen molar-refractivity contribution in [3.63, 3.8) is 0 Å². The van der Waals surface area contributed by atoms with E-state index in [2.05, 4.69) is 10.2 Å². The molecule has 1 aromatic rings.